The van der Waals surface area contributed by atoms with Crippen LogP contribution in [-0.4, -0.2) is 46.9 Å². The quantitative estimate of drug-likeness (QED) is 0.770. The van der Waals surface area contributed by atoms with Gasteiger partial charge in [0.25, 0.3) is 5.91 Å². The van der Waals surface area contributed by atoms with Crippen molar-refractivity contribution in [2.24, 2.45) is 0 Å². The van der Waals surface area contributed by atoms with E-state index in [0.29, 0.717) is 23.1 Å². The van der Waals surface area contributed by atoms with Gasteiger partial charge in [-0.1, -0.05) is 6.07 Å². The molecular weight excluding hydrogens is 370 g/mol. The summed E-state index contributed by atoms with van der Waals surface area (Å²) in [4.78, 5) is 29.3. The minimum absolute atomic E-state index is 0.0424. The van der Waals surface area contributed by atoms with E-state index in [4.69, 9.17) is 17.0 Å². The summed E-state index contributed by atoms with van der Waals surface area (Å²) in [6.45, 7) is 0.521. The predicted octanol–water partition coefficient (Wildman–Crippen LogP) is 2.71. The first-order valence-corrected chi connectivity index (χ1v) is 9.33. The van der Waals surface area contributed by atoms with Gasteiger partial charge in [-0.3, -0.25) is 14.5 Å². The number of benzene rings is 1. The van der Waals surface area contributed by atoms with Crippen molar-refractivity contribution in [1.29, 1.82) is 0 Å². The van der Waals surface area contributed by atoms with Gasteiger partial charge in [0.05, 0.1) is 20.1 Å². The summed E-state index contributed by atoms with van der Waals surface area (Å²) in [6, 6.07) is 10.4. The second kappa shape index (κ2) is 7.84. The van der Waals surface area contributed by atoms with Gasteiger partial charge in [-0.05, 0) is 47.9 Å². The third-order valence-corrected chi connectivity index (χ3v) is 5.55. The second-order valence-electron chi connectivity index (χ2n) is 5.88. The number of carbonyl (C=O) groups is 2. The Kier molecular flexibility index (Phi) is 5.53. The third-order valence-electron chi connectivity index (χ3n) is 4.18. The number of likely N-dealkylation sites (N-methyl/N-ethyl adjacent to an activating group) is 1. The van der Waals surface area contributed by atoms with Gasteiger partial charge in [0, 0.05) is 17.6 Å². The van der Waals surface area contributed by atoms with Crippen molar-refractivity contribution < 1.29 is 14.3 Å². The molecule has 3 rings (SSSR count). The average Bonchev–Trinajstić information content (AvgIpc) is 3.22. The van der Waals surface area contributed by atoms with Crippen LogP contribution in [0, 0.1) is 0 Å². The molecule has 1 aromatic carbocycles. The molecule has 0 aliphatic carbocycles. The minimum atomic E-state index is -0.590. The van der Waals surface area contributed by atoms with Crippen LogP contribution in [0.1, 0.15) is 11.3 Å². The van der Waals surface area contributed by atoms with Crippen LogP contribution in [0.4, 0.5) is 5.69 Å². The molecular formula is C18H19N3O3S2. The van der Waals surface area contributed by atoms with E-state index in [9.17, 15) is 9.59 Å². The molecule has 136 valence electrons. The van der Waals surface area contributed by atoms with Crippen LogP contribution in [0.3, 0.4) is 0 Å². The Labute approximate surface area is 161 Å². The molecule has 1 aliphatic rings. The number of amides is 2. The number of hydrogen-bond donors (Lipinski definition) is 1. The number of hydrogen-bond acceptors (Lipinski definition) is 5. The molecule has 0 saturated carbocycles. The summed E-state index contributed by atoms with van der Waals surface area (Å²) in [5.74, 6) is 0.322. The van der Waals surface area contributed by atoms with Gasteiger partial charge in [-0.25, -0.2) is 0 Å². The molecule has 1 N–H and O–H groups in total. The smallest absolute Gasteiger partial charge is 0.251 e. The van der Waals surface area contributed by atoms with E-state index in [1.807, 2.05) is 22.4 Å². The van der Waals surface area contributed by atoms with Crippen molar-refractivity contribution in [3.63, 3.8) is 0 Å². The van der Waals surface area contributed by atoms with Crippen LogP contribution in [0.2, 0.25) is 0 Å². The van der Waals surface area contributed by atoms with Gasteiger partial charge in [0.2, 0.25) is 5.91 Å². The molecule has 2 amide bonds. The maximum absolute atomic E-state index is 12.5. The highest BCUT2D eigenvalue weighted by molar-refractivity contribution is 7.80. The van der Waals surface area contributed by atoms with Crippen LogP contribution in [0.5, 0.6) is 5.75 Å². The van der Waals surface area contributed by atoms with E-state index >= 15 is 0 Å². The van der Waals surface area contributed by atoms with Crippen LogP contribution >= 0.6 is 23.6 Å². The molecule has 6 nitrogen and oxygen atoms in total. The Hall–Kier alpha value is -2.45. The zero-order chi connectivity index (χ0) is 18.7. The van der Waals surface area contributed by atoms with Crippen molar-refractivity contribution in [1.82, 2.24) is 9.80 Å². The molecule has 1 saturated heterocycles. The number of rotatable bonds is 6. The van der Waals surface area contributed by atoms with E-state index < -0.39 is 6.04 Å². The van der Waals surface area contributed by atoms with Crippen molar-refractivity contribution in [3.05, 3.63) is 46.7 Å². The molecule has 1 aliphatic heterocycles. The van der Waals surface area contributed by atoms with Gasteiger partial charge in [-0.2, -0.15) is 0 Å². The number of nitrogens with one attached hydrogen (secondary N) is 1. The molecule has 2 heterocycles. The number of thiocarbonyl (C=S) groups is 1. The number of thiophene rings is 1. The summed E-state index contributed by atoms with van der Waals surface area (Å²) in [5, 5.41) is 5.24. The lowest BCUT2D eigenvalue weighted by Gasteiger charge is -2.22. The summed E-state index contributed by atoms with van der Waals surface area (Å²) >= 11 is 6.99. The molecule has 2 aromatic rings. The van der Waals surface area contributed by atoms with Crippen LogP contribution in [0.25, 0.3) is 0 Å². The molecule has 0 radical (unpaired) electrons. The van der Waals surface area contributed by atoms with Crippen molar-refractivity contribution >= 4 is 46.2 Å². The van der Waals surface area contributed by atoms with Crippen molar-refractivity contribution in [2.45, 2.75) is 19.0 Å². The lowest BCUT2D eigenvalue weighted by atomic mass is 10.1. The van der Waals surface area contributed by atoms with Crippen LogP contribution in [-0.2, 0) is 16.1 Å². The largest absolute Gasteiger partial charge is 0.497 e. The maximum atomic E-state index is 12.5. The predicted molar refractivity (Wildman–Crippen MR) is 105 cm³/mol. The molecule has 0 unspecified atom stereocenters. The maximum Gasteiger partial charge on any atom is 0.251 e. The number of ether oxygens (including phenoxy) is 1. The molecule has 1 fully saturated rings. The van der Waals surface area contributed by atoms with E-state index in [1.165, 1.54) is 4.90 Å². The van der Waals surface area contributed by atoms with Crippen molar-refractivity contribution in [3.8, 4) is 5.75 Å². The third kappa shape index (κ3) is 3.86. The standard InChI is InChI=1S/C18H19N3O3S2/c1-20-17(23)15(21(18(20)25)11-14-4-3-9-26-14)10-16(22)19-12-5-7-13(24-2)8-6-12/h3-9,15H,10-11H2,1-2H3,(H,19,22)/t15-/m1/s1. The highest BCUT2D eigenvalue weighted by atomic mass is 32.1. The van der Waals surface area contributed by atoms with Gasteiger partial charge in [0.15, 0.2) is 5.11 Å². The van der Waals surface area contributed by atoms with Crippen molar-refractivity contribution in [2.75, 3.05) is 19.5 Å². The number of methoxy groups -OCH3 is 1. The zero-order valence-corrected chi connectivity index (χ0v) is 16.1. The first-order valence-electron chi connectivity index (χ1n) is 8.04. The van der Waals surface area contributed by atoms with Gasteiger partial charge < -0.3 is 15.0 Å². The van der Waals surface area contributed by atoms with E-state index in [-0.39, 0.29) is 18.2 Å². The Morgan fingerprint density at radius 1 is 1.31 bits per heavy atom. The molecule has 0 bridgehead atoms. The molecule has 26 heavy (non-hydrogen) atoms. The van der Waals surface area contributed by atoms with Crippen LogP contribution < -0.4 is 10.1 Å². The topological polar surface area (TPSA) is 61.9 Å². The van der Waals surface area contributed by atoms with E-state index in [2.05, 4.69) is 5.32 Å². The lowest BCUT2D eigenvalue weighted by molar-refractivity contribution is -0.130. The van der Waals surface area contributed by atoms with Gasteiger partial charge >= 0.3 is 0 Å². The van der Waals surface area contributed by atoms with Gasteiger partial charge in [-0.15, -0.1) is 11.3 Å². The fraction of sp³-hybridized carbons (Fsp3) is 0.278. The first kappa shape index (κ1) is 18.3. The highest BCUT2D eigenvalue weighted by Crippen LogP contribution is 2.24. The Morgan fingerprint density at radius 3 is 2.65 bits per heavy atom. The molecule has 1 atom stereocenters. The Bertz CT molecular complexity index is 806. The summed E-state index contributed by atoms with van der Waals surface area (Å²) < 4.78 is 5.10. The monoisotopic (exact) mass is 389 g/mol. The molecule has 0 spiro atoms. The second-order valence-corrected chi connectivity index (χ2v) is 7.28. The SMILES string of the molecule is COc1ccc(NC(=O)C[C@@H]2C(=O)N(C)C(=S)N2Cc2cccs2)cc1. The fourth-order valence-electron chi connectivity index (χ4n) is 2.78. The lowest BCUT2D eigenvalue weighted by Crippen LogP contribution is -2.37. The fourth-order valence-corrected chi connectivity index (χ4v) is 3.77. The summed E-state index contributed by atoms with van der Waals surface area (Å²) in [5.41, 5.74) is 0.655. The van der Waals surface area contributed by atoms with E-state index in [1.54, 1.807) is 49.8 Å². The highest BCUT2D eigenvalue weighted by Gasteiger charge is 2.41. The normalized spacial score (nSPS) is 16.9. The molecule has 1 aromatic heterocycles. The zero-order valence-electron chi connectivity index (χ0n) is 14.5. The summed E-state index contributed by atoms with van der Waals surface area (Å²) in [7, 11) is 3.23. The Morgan fingerprint density at radius 2 is 2.04 bits per heavy atom. The van der Waals surface area contributed by atoms with Crippen LogP contribution in [0.15, 0.2) is 41.8 Å². The average molecular weight is 390 g/mol. The molecule has 8 heteroatoms. The first-order chi connectivity index (χ1) is 12.5. The van der Waals surface area contributed by atoms with E-state index in [0.717, 1.165) is 4.88 Å². The Balaban J connectivity index is 1.69. The number of carbonyl (C=O) groups excluding carboxylic acids is 2. The van der Waals surface area contributed by atoms with Gasteiger partial charge in [0.1, 0.15) is 11.8 Å². The number of anilines is 1. The summed E-state index contributed by atoms with van der Waals surface area (Å²) in [6.07, 6.45) is 0.0424. The minimum Gasteiger partial charge on any atom is -0.497 e. The number of nitrogens with zero attached hydrogens (tertiary/aromatic N) is 2.